The first-order chi connectivity index (χ1) is 8.49. The van der Waals surface area contributed by atoms with E-state index in [9.17, 15) is 9.50 Å². The summed E-state index contributed by atoms with van der Waals surface area (Å²) in [5.41, 5.74) is -0.0866. The Morgan fingerprint density at radius 1 is 1.17 bits per heavy atom. The highest BCUT2D eigenvalue weighted by Gasteiger charge is 2.26. The summed E-state index contributed by atoms with van der Waals surface area (Å²) in [6, 6.07) is 13.5. The van der Waals surface area contributed by atoms with E-state index in [1.807, 2.05) is 12.1 Å². The van der Waals surface area contributed by atoms with E-state index in [0.717, 1.165) is 5.56 Å². The lowest BCUT2D eigenvalue weighted by molar-refractivity contribution is 0.0538. The van der Waals surface area contributed by atoms with Gasteiger partial charge in [-0.15, -0.1) is 0 Å². The Morgan fingerprint density at radius 2 is 1.89 bits per heavy atom. The number of aliphatic hydroxyl groups is 1. The molecule has 94 valence electrons. The molecule has 0 fully saturated rings. The molecule has 3 heteroatoms. The molecule has 0 aromatic heterocycles. The predicted octanol–water partition coefficient (Wildman–Crippen LogP) is 3.93. The molecule has 1 atom stereocenters. The maximum absolute atomic E-state index is 13.7. The fraction of sp³-hybridized carbons (Fsp3) is 0.200. The maximum atomic E-state index is 13.7. The van der Waals surface area contributed by atoms with Gasteiger partial charge >= 0.3 is 0 Å². The summed E-state index contributed by atoms with van der Waals surface area (Å²) >= 11 is 5.90. The SMILES string of the molecule is CC(O)(Cc1cccc(Cl)c1)c1ccccc1F. The van der Waals surface area contributed by atoms with Gasteiger partial charge in [-0.1, -0.05) is 41.9 Å². The average Bonchev–Trinajstić information content (AvgIpc) is 2.28. The van der Waals surface area contributed by atoms with E-state index in [0.29, 0.717) is 17.0 Å². The molecule has 0 bridgehead atoms. The molecule has 0 saturated heterocycles. The normalized spacial score (nSPS) is 14.2. The van der Waals surface area contributed by atoms with Gasteiger partial charge in [0.15, 0.2) is 0 Å². The monoisotopic (exact) mass is 264 g/mol. The van der Waals surface area contributed by atoms with Crippen LogP contribution in [0.4, 0.5) is 4.39 Å². The maximum Gasteiger partial charge on any atom is 0.129 e. The highest BCUT2D eigenvalue weighted by atomic mass is 35.5. The Balaban J connectivity index is 2.30. The number of rotatable bonds is 3. The summed E-state index contributed by atoms with van der Waals surface area (Å²) < 4.78 is 13.7. The molecule has 0 saturated carbocycles. The van der Waals surface area contributed by atoms with Crippen LogP contribution in [0.5, 0.6) is 0 Å². The number of halogens is 2. The summed E-state index contributed by atoms with van der Waals surface area (Å²) in [6.45, 7) is 1.60. The van der Waals surface area contributed by atoms with Crippen LogP contribution in [0.15, 0.2) is 48.5 Å². The molecule has 0 aliphatic carbocycles. The Labute approximate surface area is 111 Å². The van der Waals surface area contributed by atoms with Gasteiger partial charge in [0.1, 0.15) is 5.82 Å². The fourth-order valence-electron chi connectivity index (χ4n) is 2.04. The van der Waals surface area contributed by atoms with Gasteiger partial charge in [0.25, 0.3) is 0 Å². The van der Waals surface area contributed by atoms with Crippen LogP contribution < -0.4 is 0 Å². The third-order valence-electron chi connectivity index (χ3n) is 2.89. The second kappa shape index (κ2) is 5.09. The molecular formula is C15H14ClFO. The van der Waals surface area contributed by atoms with E-state index in [4.69, 9.17) is 11.6 Å². The van der Waals surface area contributed by atoms with Crippen molar-refractivity contribution in [2.45, 2.75) is 18.9 Å². The van der Waals surface area contributed by atoms with Gasteiger partial charge in [0, 0.05) is 17.0 Å². The topological polar surface area (TPSA) is 20.2 Å². The smallest absolute Gasteiger partial charge is 0.129 e. The van der Waals surface area contributed by atoms with E-state index in [-0.39, 0.29) is 0 Å². The summed E-state index contributed by atoms with van der Waals surface area (Å²) in [5.74, 6) is -0.399. The fourth-order valence-corrected chi connectivity index (χ4v) is 2.25. The van der Waals surface area contributed by atoms with Crippen LogP contribution in [-0.4, -0.2) is 5.11 Å². The molecule has 0 aliphatic heterocycles. The van der Waals surface area contributed by atoms with Gasteiger partial charge in [-0.25, -0.2) is 4.39 Å². The summed E-state index contributed by atoms with van der Waals surface area (Å²) in [6.07, 6.45) is 0.314. The van der Waals surface area contributed by atoms with Crippen LogP contribution >= 0.6 is 11.6 Å². The second-order valence-electron chi connectivity index (χ2n) is 4.56. The zero-order valence-electron chi connectivity index (χ0n) is 10.0. The molecule has 2 aromatic rings. The number of hydrogen-bond acceptors (Lipinski definition) is 1. The van der Waals surface area contributed by atoms with Crippen LogP contribution in [0.1, 0.15) is 18.1 Å². The average molecular weight is 265 g/mol. The largest absolute Gasteiger partial charge is 0.385 e. The van der Waals surface area contributed by atoms with Gasteiger partial charge in [0.05, 0.1) is 5.60 Å². The highest BCUT2D eigenvalue weighted by Crippen LogP contribution is 2.28. The molecule has 1 nitrogen and oxygen atoms in total. The summed E-state index contributed by atoms with van der Waals surface area (Å²) in [5, 5.41) is 11.0. The van der Waals surface area contributed by atoms with E-state index in [1.54, 1.807) is 37.3 Å². The molecule has 0 spiro atoms. The van der Waals surface area contributed by atoms with Crippen molar-refractivity contribution in [1.82, 2.24) is 0 Å². The van der Waals surface area contributed by atoms with Crippen LogP contribution in [0.25, 0.3) is 0 Å². The van der Waals surface area contributed by atoms with E-state index in [2.05, 4.69) is 0 Å². The van der Waals surface area contributed by atoms with Crippen molar-refractivity contribution < 1.29 is 9.50 Å². The van der Waals surface area contributed by atoms with Crippen molar-refractivity contribution in [1.29, 1.82) is 0 Å². The third-order valence-corrected chi connectivity index (χ3v) is 3.13. The Kier molecular flexibility index (Phi) is 3.69. The van der Waals surface area contributed by atoms with Gasteiger partial charge in [-0.2, -0.15) is 0 Å². The van der Waals surface area contributed by atoms with Crippen LogP contribution in [0.2, 0.25) is 5.02 Å². The Morgan fingerprint density at radius 3 is 2.56 bits per heavy atom. The minimum atomic E-state index is -1.25. The van der Waals surface area contributed by atoms with Crippen LogP contribution in [-0.2, 0) is 12.0 Å². The van der Waals surface area contributed by atoms with Gasteiger partial charge < -0.3 is 5.11 Å². The molecule has 18 heavy (non-hydrogen) atoms. The van der Waals surface area contributed by atoms with Crippen molar-refractivity contribution in [3.05, 3.63) is 70.5 Å². The minimum Gasteiger partial charge on any atom is -0.385 e. The zero-order valence-corrected chi connectivity index (χ0v) is 10.8. The molecule has 0 amide bonds. The number of benzene rings is 2. The van der Waals surface area contributed by atoms with Crippen molar-refractivity contribution in [3.8, 4) is 0 Å². The molecule has 0 radical (unpaired) electrons. The Bertz CT molecular complexity index is 552. The quantitative estimate of drug-likeness (QED) is 0.891. The van der Waals surface area contributed by atoms with Crippen LogP contribution in [0.3, 0.4) is 0 Å². The molecule has 1 N–H and O–H groups in total. The van der Waals surface area contributed by atoms with Crippen molar-refractivity contribution in [3.63, 3.8) is 0 Å². The second-order valence-corrected chi connectivity index (χ2v) is 5.00. The lowest BCUT2D eigenvalue weighted by Gasteiger charge is -2.24. The minimum absolute atomic E-state index is 0.296. The summed E-state index contributed by atoms with van der Waals surface area (Å²) in [4.78, 5) is 0. The molecule has 0 heterocycles. The molecule has 2 rings (SSSR count). The van der Waals surface area contributed by atoms with Crippen molar-refractivity contribution >= 4 is 11.6 Å². The first-order valence-corrected chi connectivity index (χ1v) is 6.09. The lowest BCUT2D eigenvalue weighted by atomic mass is 9.89. The van der Waals surface area contributed by atoms with Crippen LogP contribution in [0, 0.1) is 5.82 Å². The first-order valence-electron chi connectivity index (χ1n) is 5.71. The van der Waals surface area contributed by atoms with E-state index >= 15 is 0 Å². The number of hydrogen-bond donors (Lipinski definition) is 1. The molecule has 2 aromatic carbocycles. The first kappa shape index (κ1) is 13.1. The molecule has 0 aliphatic rings. The zero-order chi connectivity index (χ0) is 13.2. The van der Waals surface area contributed by atoms with Gasteiger partial charge in [-0.05, 0) is 30.7 Å². The summed E-state index contributed by atoms with van der Waals surface area (Å²) in [7, 11) is 0. The van der Waals surface area contributed by atoms with E-state index in [1.165, 1.54) is 6.07 Å². The van der Waals surface area contributed by atoms with Crippen molar-refractivity contribution in [2.75, 3.05) is 0 Å². The highest BCUT2D eigenvalue weighted by molar-refractivity contribution is 6.30. The van der Waals surface area contributed by atoms with E-state index < -0.39 is 11.4 Å². The third kappa shape index (κ3) is 2.89. The Hall–Kier alpha value is -1.38. The standard InChI is InChI=1S/C15H14ClFO/c1-15(18,13-7-2-3-8-14(13)17)10-11-5-4-6-12(16)9-11/h2-9,18H,10H2,1H3. The van der Waals surface area contributed by atoms with Gasteiger partial charge in [-0.3, -0.25) is 0 Å². The predicted molar refractivity (Wildman–Crippen MR) is 71.1 cm³/mol. The van der Waals surface area contributed by atoms with Crippen molar-refractivity contribution in [2.24, 2.45) is 0 Å². The molecule has 1 unspecified atom stereocenters. The lowest BCUT2D eigenvalue weighted by Crippen LogP contribution is -2.25. The van der Waals surface area contributed by atoms with Gasteiger partial charge in [0.2, 0.25) is 0 Å². The molecular weight excluding hydrogens is 251 g/mol.